The molecular weight excluding hydrogens is 284 g/mol. The first-order chi connectivity index (χ1) is 9.95. The van der Waals surface area contributed by atoms with Crippen LogP contribution in [0.25, 0.3) is 10.8 Å². The molecule has 1 aromatic carbocycles. The summed E-state index contributed by atoms with van der Waals surface area (Å²) < 4.78 is 5.28. The predicted octanol–water partition coefficient (Wildman–Crippen LogP) is 4.70. The maximum absolute atomic E-state index is 5.95. The molecule has 1 N–H and O–H groups in total. The van der Waals surface area contributed by atoms with Crippen LogP contribution in [-0.2, 0) is 0 Å². The molecule has 3 nitrogen and oxygen atoms in total. The van der Waals surface area contributed by atoms with E-state index in [1.807, 2.05) is 30.5 Å². The van der Waals surface area contributed by atoms with Gasteiger partial charge in [0.2, 0.25) is 0 Å². The number of ether oxygens (including phenoxy) is 1. The summed E-state index contributed by atoms with van der Waals surface area (Å²) in [7, 11) is 1.68. The highest BCUT2D eigenvalue weighted by molar-refractivity contribution is 6.17. The molecule has 0 bridgehead atoms. The van der Waals surface area contributed by atoms with Crippen molar-refractivity contribution < 1.29 is 4.74 Å². The predicted molar refractivity (Wildman–Crippen MR) is 90.5 cm³/mol. The Morgan fingerprint density at radius 3 is 2.67 bits per heavy atom. The van der Waals surface area contributed by atoms with Gasteiger partial charge in [0.15, 0.2) is 0 Å². The Balaban J connectivity index is 2.37. The second-order valence-electron chi connectivity index (χ2n) is 6.29. The molecule has 1 atom stereocenters. The van der Waals surface area contributed by atoms with Gasteiger partial charge in [-0.2, -0.15) is 0 Å². The van der Waals surface area contributed by atoms with Crippen LogP contribution in [0, 0.1) is 5.41 Å². The summed E-state index contributed by atoms with van der Waals surface area (Å²) in [4.78, 5) is 4.50. The van der Waals surface area contributed by atoms with Gasteiger partial charge in [0, 0.05) is 23.5 Å². The third kappa shape index (κ3) is 3.79. The summed E-state index contributed by atoms with van der Waals surface area (Å²) in [6.07, 6.45) is 2.73. The van der Waals surface area contributed by atoms with Gasteiger partial charge < -0.3 is 10.1 Å². The average molecular weight is 307 g/mol. The molecule has 2 rings (SSSR count). The molecule has 0 spiro atoms. The fourth-order valence-corrected chi connectivity index (χ4v) is 2.61. The van der Waals surface area contributed by atoms with Crippen molar-refractivity contribution in [2.24, 2.45) is 5.41 Å². The molecule has 0 aliphatic carbocycles. The number of fused-ring (bicyclic) bond motifs is 1. The van der Waals surface area contributed by atoms with Crippen molar-refractivity contribution in [2.45, 2.75) is 33.2 Å². The van der Waals surface area contributed by atoms with Gasteiger partial charge in [-0.05, 0) is 41.5 Å². The lowest BCUT2D eigenvalue weighted by atomic mass is 9.85. The molecule has 1 aromatic heterocycles. The Bertz CT molecular complexity index is 607. The van der Waals surface area contributed by atoms with Crippen molar-refractivity contribution in [1.29, 1.82) is 0 Å². The molecule has 0 saturated carbocycles. The Kier molecular flexibility index (Phi) is 4.94. The van der Waals surface area contributed by atoms with E-state index in [9.17, 15) is 0 Å². The number of hydrogen-bond donors (Lipinski definition) is 1. The summed E-state index contributed by atoms with van der Waals surface area (Å²) in [5.41, 5.74) is 0.116. The summed E-state index contributed by atoms with van der Waals surface area (Å²) in [6.45, 7) is 6.64. The molecule has 0 amide bonds. The van der Waals surface area contributed by atoms with Crippen LogP contribution >= 0.6 is 11.6 Å². The van der Waals surface area contributed by atoms with Gasteiger partial charge in [-0.1, -0.05) is 20.8 Å². The maximum Gasteiger partial charge on any atom is 0.134 e. The first kappa shape index (κ1) is 15.9. The molecule has 1 heterocycles. The topological polar surface area (TPSA) is 34.1 Å². The fourth-order valence-electron chi connectivity index (χ4n) is 2.39. The number of pyridine rings is 1. The smallest absolute Gasteiger partial charge is 0.134 e. The number of halogens is 1. The zero-order valence-corrected chi connectivity index (χ0v) is 13.9. The summed E-state index contributed by atoms with van der Waals surface area (Å²) in [5.74, 6) is 2.39. The van der Waals surface area contributed by atoms with Crippen LogP contribution in [0.4, 0.5) is 5.82 Å². The highest BCUT2D eigenvalue weighted by Gasteiger charge is 2.24. The Morgan fingerprint density at radius 1 is 1.29 bits per heavy atom. The number of aromatic nitrogens is 1. The van der Waals surface area contributed by atoms with E-state index in [1.165, 1.54) is 0 Å². The normalized spacial score (nSPS) is 13.2. The number of anilines is 1. The fraction of sp³-hybridized carbons (Fsp3) is 0.471. The van der Waals surface area contributed by atoms with Crippen molar-refractivity contribution in [2.75, 3.05) is 18.3 Å². The van der Waals surface area contributed by atoms with Gasteiger partial charge in [-0.15, -0.1) is 11.6 Å². The largest absolute Gasteiger partial charge is 0.497 e. The van der Waals surface area contributed by atoms with E-state index in [0.717, 1.165) is 28.8 Å². The van der Waals surface area contributed by atoms with E-state index in [-0.39, 0.29) is 11.5 Å². The number of nitrogens with one attached hydrogen (secondary N) is 1. The second kappa shape index (κ2) is 6.52. The van der Waals surface area contributed by atoms with Crippen molar-refractivity contribution in [3.8, 4) is 5.75 Å². The van der Waals surface area contributed by atoms with Crippen LogP contribution in [0.5, 0.6) is 5.75 Å². The minimum atomic E-state index is 0.116. The van der Waals surface area contributed by atoms with Crippen molar-refractivity contribution in [3.05, 3.63) is 30.5 Å². The number of benzene rings is 1. The first-order valence-electron chi connectivity index (χ1n) is 7.21. The highest BCUT2D eigenvalue weighted by atomic mass is 35.5. The number of rotatable bonds is 5. The van der Waals surface area contributed by atoms with E-state index >= 15 is 0 Å². The zero-order valence-electron chi connectivity index (χ0n) is 13.1. The van der Waals surface area contributed by atoms with Crippen LogP contribution < -0.4 is 10.1 Å². The van der Waals surface area contributed by atoms with Gasteiger partial charge in [-0.3, -0.25) is 0 Å². The lowest BCUT2D eigenvalue weighted by Crippen LogP contribution is -2.34. The van der Waals surface area contributed by atoms with E-state index in [4.69, 9.17) is 16.3 Å². The standard InChI is InChI=1S/C17H23ClN2O/c1-17(2,3)15(7-9-18)20-16-14-6-5-13(21-4)11-12(14)8-10-19-16/h5-6,8,10-11,15H,7,9H2,1-4H3,(H,19,20). The number of alkyl halides is 1. The van der Waals surface area contributed by atoms with Crippen LogP contribution in [0.2, 0.25) is 0 Å². The lowest BCUT2D eigenvalue weighted by Gasteiger charge is -2.32. The van der Waals surface area contributed by atoms with Crippen LogP contribution in [0.1, 0.15) is 27.2 Å². The molecule has 0 aliphatic heterocycles. The van der Waals surface area contributed by atoms with Crippen molar-refractivity contribution >= 4 is 28.2 Å². The average Bonchev–Trinajstić information content (AvgIpc) is 2.45. The van der Waals surface area contributed by atoms with Gasteiger partial charge in [-0.25, -0.2) is 4.98 Å². The highest BCUT2D eigenvalue weighted by Crippen LogP contribution is 2.30. The van der Waals surface area contributed by atoms with Crippen molar-refractivity contribution in [3.63, 3.8) is 0 Å². The van der Waals surface area contributed by atoms with Crippen LogP contribution in [0.3, 0.4) is 0 Å². The Labute approximate surface area is 131 Å². The van der Waals surface area contributed by atoms with Crippen LogP contribution in [0.15, 0.2) is 30.5 Å². The molecule has 0 radical (unpaired) electrons. The van der Waals surface area contributed by atoms with E-state index in [0.29, 0.717) is 5.88 Å². The minimum Gasteiger partial charge on any atom is -0.497 e. The molecule has 4 heteroatoms. The molecule has 21 heavy (non-hydrogen) atoms. The van der Waals surface area contributed by atoms with E-state index in [2.05, 4.69) is 31.1 Å². The quantitative estimate of drug-likeness (QED) is 0.813. The van der Waals surface area contributed by atoms with Gasteiger partial charge >= 0.3 is 0 Å². The summed E-state index contributed by atoms with van der Waals surface area (Å²) >= 11 is 5.95. The number of hydrogen-bond acceptors (Lipinski definition) is 3. The molecule has 0 saturated heterocycles. The van der Waals surface area contributed by atoms with Gasteiger partial charge in [0.1, 0.15) is 11.6 Å². The first-order valence-corrected chi connectivity index (χ1v) is 7.74. The monoisotopic (exact) mass is 306 g/mol. The van der Waals surface area contributed by atoms with E-state index in [1.54, 1.807) is 7.11 Å². The van der Waals surface area contributed by atoms with Crippen molar-refractivity contribution in [1.82, 2.24) is 4.98 Å². The minimum absolute atomic E-state index is 0.116. The lowest BCUT2D eigenvalue weighted by molar-refractivity contribution is 0.334. The van der Waals surface area contributed by atoms with Gasteiger partial charge in [0.25, 0.3) is 0 Å². The molecule has 1 unspecified atom stereocenters. The SMILES string of the molecule is COc1ccc2c(NC(CCCl)C(C)(C)C)nccc2c1. The number of methoxy groups -OCH3 is 1. The molecular formula is C17H23ClN2O. The zero-order chi connectivity index (χ0) is 15.5. The van der Waals surface area contributed by atoms with E-state index < -0.39 is 0 Å². The third-order valence-electron chi connectivity index (χ3n) is 3.73. The summed E-state index contributed by atoms with van der Waals surface area (Å²) in [6, 6.07) is 8.30. The summed E-state index contributed by atoms with van der Waals surface area (Å²) in [5, 5.41) is 5.78. The Hall–Kier alpha value is -1.48. The Morgan fingerprint density at radius 2 is 2.05 bits per heavy atom. The molecule has 114 valence electrons. The molecule has 0 fully saturated rings. The number of nitrogens with zero attached hydrogens (tertiary/aromatic N) is 1. The molecule has 0 aliphatic rings. The maximum atomic E-state index is 5.95. The third-order valence-corrected chi connectivity index (χ3v) is 3.94. The molecule has 2 aromatic rings. The van der Waals surface area contributed by atoms with Crippen LogP contribution in [-0.4, -0.2) is 24.0 Å². The second-order valence-corrected chi connectivity index (χ2v) is 6.67. The van der Waals surface area contributed by atoms with Gasteiger partial charge in [0.05, 0.1) is 7.11 Å².